The maximum Gasteiger partial charge on any atom is 0.163 e. The highest BCUT2D eigenvalue weighted by Crippen LogP contribution is 2.44. The van der Waals surface area contributed by atoms with Crippen LogP contribution in [-0.4, -0.2) is 33.7 Å². The molecule has 0 radical (unpaired) electrons. The first-order chi connectivity index (χ1) is 17.6. The van der Waals surface area contributed by atoms with E-state index in [1.807, 2.05) is 6.92 Å². The van der Waals surface area contributed by atoms with E-state index in [1.54, 1.807) is 43.3 Å². The van der Waals surface area contributed by atoms with Gasteiger partial charge in [-0.3, -0.25) is 4.79 Å². The van der Waals surface area contributed by atoms with Crippen LogP contribution < -0.4 is 15.2 Å². The predicted octanol–water partition coefficient (Wildman–Crippen LogP) is 4.36. The lowest BCUT2D eigenvalue weighted by molar-refractivity contribution is 0.0396. The Morgan fingerprint density at radius 2 is 1.97 bits per heavy atom. The molecule has 0 spiro atoms. The van der Waals surface area contributed by atoms with Gasteiger partial charge in [0.1, 0.15) is 29.5 Å². The van der Waals surface area contributed by atoms with Crippen LogP contribution >= 0.6 is 0 Å². The van der Waals surface area contributed by atoms with Crippen molar-refractivity contribution in [1.82, 2.24) is 4.98 Å². The molecule has 37 heavy (non-hydrogen) atoms. The fraction of sp³-hybridized carbons (Fsp3) is 0.379. The van der Waals surface area contributed by atoms with Crippen molar-refractivity contribution in [2.75, 3.05) is 6.61 Å². The summed E-state index contributed by atoms with van der Waals surface area (Å²) in [7, 11) is 0. The van der Waals surface area contributed by atoms with Crippen LogP contribution in [0.4, 0.5) is 4.39 Å². The third-order valence-electron chi connectivity index (χ3n) is 6.98. The number of fused-ring (bicyclic) bond motifs is 1. The molecule has 0 bridgehead atoms. The molecule has 1 aliphatic carbocycles. The molecule has 2 heterocycles. The number of hydrogen-bond donors (Lipinski definition) is 3. The average molecular weight is 507 g/mol. The molecule has 8 heteroatoms. The number of carbonyl (C=O) groups is 1. The van der Waals surface area contributed by atoms with E-state index in [0.717, 1.165) is 12.8 Å². The molecule has 0 saturated heterocycles. The molecule has 1 aromatic heterocycles. The fourth-order valence-electron chi connectivity index (χ4n) is 4.47. The van der Waals surface area contributed by atoms with Gasteiger partial charge >= 0.3 is 0 Å². The third-order valence-corrected chi connectivity index (χ3v) is 6.98. The van der Waals surface area contributed by atoms with Gasteiger partial charge < -0.3 is 25.4 Å². The summed E-state index contributed by atoms with van der Waals surface area (Å²) in [5.41, 5.74) is 7.38. The standard InChI is InChI=1S/C29H31FN2O5/c1-28(31)16-36-27-22(28)14-25(32-26(27)17-3-6-20(30)7-4-17)29(2,35)12-11-23(34)18-5-10-24(19(13-18)15-33)37-21-8-9-21/h3-7,10,13-14,21,33,35H,8-9,11-12,15-16,31H2,1-2H3. The second-order valence-electron chi connectivity index (χ2n) is 10.4. The predicted molar refractivity (Wildman–Crippen MR) is 136 cm³/mol. The van der Waals surface area contributed by atoms with Crippen molar-refractivity contribution in [1.29, 1.82) is 0 Å². The zero-order valence-corrected chi connectivity index (χ0v) is 21.0. The first-order valence-electron chi connectivity index (χ1n) is 12.5. The van der Waals surface area contributed by atoms with Crippen LogP contribution in [0.5, 0.6) is 11.5 Å². The van der Waals surface area contributed by atoms with Crippen LogP contribution in [0, 0.1) is 5.82 Å². The van der Waals surface area contributed by atoms with E-state index in [-0.39, 0.29) is 43.8 Å². The van der Waals surface area contributed by atoms with Crippen LogP contribution in [0.1, 0.15) is 66.7 Å². The smallest absolute Gasteiger partial charge is 0.163 e. The summed E-state index contributed by atoms with van der Waals surface area (Å²) < 4.78 is 25.2. The zero-order chi connectivity index (χ0) is 26.4. The highest BCUT2D eigenvalue weighted by atomic mass is 19.1. The number of carbonyl (C=O) groups excluding carboxylic acids is 1. The molecule has 2 unspecified atom stereocenters. The molecule has 2 aliphatic rings. The number of aliphatic hydroxyl groups excluding tert-OH is 1. The van der Waals surface area contributed by atoms with E-state index < -0.39 is 11.1 Å². The van der Waals surface area contributed by atoms with E-state index >= 15 is 0 Å². The van der Waals surface area contributed by atoms with Crippen LogP contribution in [0.2, 0.25) is 0 Å². The quantitative estimate of drug-likeness (QED) is 0.370. The molecule has 1 aliphatic heterocycles. The summed E-state index contributed by atoms with van der Waals surface area (Å²) in [5, 5.41) is 21.2. The van der Waals surface area contributed by atoms with Crippen molar-refractivity contribution < 1.29 is 28.9 Å². The molecule has 3 aromatic rings. The molecule has 5 rings (SSSR count). The molecular weight excluding hydrogens is 475 g/mol. The highest BCUT2D eigenvalue weighted by molar-refractivity contribution is 5.96. The van der Waals surface area contributed by atoms with Crippen molar-refractivity contribution in [3.63, 3.8) is 0 Å². The van der Waals surface area contributed by atoms with Crippen LogP contribution in [0.15, 0.2) is 48.5 Å². The second-order valence-corrected chi connectivity index (χ2v) is 10.4. The lowest BCUT2D eigenvalue weighted by atomic mass is 9.88. The molecule has 1 fully saturated rings. The molecule has 2 atom stereocenters. The van der Waals surface area contributed by atoms with Crippen LogP contribution in [-0.2, 0) is 17.7 Å². The number of aromatic nitrogens is 1. The first kappa shape index (κ1) is 25.3. The van der Waals surface area contributed by atoms with Crippen LogP contribution in [0.25, 0.3) is 11.3 Å². The van der Waals surface area contributed by atoms with Gasteiger partial charge in [0.05, 0.1) is 23.9 Å². The largest absolute Gasteiger partial charge is 0.490 e. The minimum atomic E-state index is -1.45. The Bertz CT molecular complexity index is 1330. The number of rotatable bonds is 9. The van der Waals surface area contributed by atoms with Crippen molar-refractivity contribution in [3.8, 4) is 22.8 Å². The van der Waals surface area contributed by atoms with Gasteiger partial charge in [0.25, 0.3) is 0 Å². The Kier molecular flexibility index (Phi) is 6.52. The molecule has 4 N–H and O–H groups in total. The lowest BCUT2D eigenvalue weighted by Crippen LogP contribution is -2.35. The number of hydrogen-bond acceptors (Lipinski definition) is 7. The highest BCUT2D eigenvalue weighted by Gasteiger charge is 2.38. The number of nitrogens with zero attached hydrogens (tertiary/aromatic N) is 1. The minimum absolute atomic E-state index is 0.0573. The van der Waals surface area contributed by atoms with Gasteiger partial charge in [-0.15, -0.1) is 0 Å². The number of halogens is 1. The van der Waals surface area contributed by atoms with Gasteiger partial charge in [-0.05, 0) is 81.6 Å². The molecule has 7 nitrogen and oxygen atoms in total. The van der Waals surface area contributed by atoms with E-state index in [4.69, 9.17) is 20.2 Å². The Balaban J connectivity index is 1.40. The van der Waals surface area contributed by atoms with Crippen LogP contribution in [0.3, 0.4) is 0 Å². The third kappa shape index (κ3) is 5.23. The van der Waals surface area contributed by atoms with Gasteiger partial charge in [-0.25, -0.2) is 9.37 Å². The summed E-state index contributed by atoms with van der Waals surface area (Å²) >= 11 is 0. The molecule has 0 amide bonds. The van der Waals surface area contributed by atoms with Crippen molar-refractivity contribution in [2.24, 2.45) is 5.73 Å². The fourth-order valence-corrected chi connectivity index (χ4v) is 4.47. The SMILES string of the molecule is CC1(N)COc2c1cc(C(C)(O)CCC(=O)c1ccc(OC3CC3)c(CO)c1)nc2-c1ccc(F)cc1. The number of aliphatic hydroxyl groups is 2. The Labute approximate surface area is 215 Å². The van der Waals surface area contributed by atoms with Gasteiger partial charge in [0, 0.05) is 28.7 Å². The van der Waals surface area contributed by atoms with E-state index in [2.05, 4.69) is 0 Å². The summed E-state index contributed by atoms with van der Waals surface area (Å²) in [6, 6.07) is 12.7. The number of pyridine rings is 1. The number of ether oxygens (including phenoxy) is 2. The zero-order valence-electron chi connectivity index (χ0n) is 21.0. The normalized spacial score (nSPS) is 20.2. The van der Waals surface area contributed by atoms with Crippen molar-refractivity contribution in [2.45, 2.75) is 63.4 Å². The van der Waals surface area contributed by atoms with E-state index in [9.17, 15) is 19.4 Å². The molecule has 2 aromatic carbocycles. The Morgan fingerprint density at radius 3 is 2.65 bits per heavy atom. The van der Waals surface area contributed by atoms with E-state index in [0.29, 0.717) is 45.1 Å². The van der Waals surface area contributed by atoms with Gasteiger partial charge in [-0.2, -0.15) is 0 Å². The van der Waals surface area contributed by atoms with Crippen molar-refractivity contribution in [3.05, 3.63) is 76.7 Å². The number of ketones is 1. The maximum absolute atomic E-state index is 13.5. The summed E-state index contributed by atoms with van der Waals surface area (Å²) in [6.45, 7) is 3.46. The monoisotopic (exact) mass is 506 g/mol. The van der Waals surface area contributed by atoms with Gasteiger partial charge in [0.2, 0.25) is 0 Å². The number of Topliss-reactive ketones (excluding diaryl/α,β-unsaturated/α-hetero) is 1. The maximum atomic E-state index is 13.5. The van der Waals surface area contributed by atoms with Gasteiger partial charge in [-0.1, -0.05) is 0 Å². The summed E-state index contributed by atoms with van der Waals surface area (Å²) in [4.78, 5) is 17.7. The second kappa shape index (κ2) is 9.52. The number of benzene rings is 2. The minimum Gasteiger partial charge on any atom is -0.490 e. The summed E-state index contributed by atoms with van der Waals surface area (Å²) in [6.07, 6.45) is 2.34. The van der Waals surface area contributed by atoms with Crippen molar-refractivity contribution >= 4 is 5.78 Å². The topological polar surface area (TPSA) is 115 Å². The Hall–Kier alpha value is -3.33. The molecule has 1 saturated carbocycles. The van der Waals surface area contributed by atoms with Gasteiger partial charge in [0.15, 0.2) is 11.5 Å². The Morgan fingerprint density at radius 1 is 1.24 bits per heavy atom. The first-order valence-corrected chi connectivity index (χ1v) is 12.5. The molecular formula is C29H31FN2O5. The lowest BCUT2D eigenvalue weighted by Gasteiger charge is -2.25. The summed E-state index contributed by atoms with van der Waals surface area (Å²) in [5.74, 6) is 0.566. The number of nitrogens with two attached hydrogens (primary N) is 1. The van der Waals surface area contributed by atoms with E-state index in [1.165, 1.54) is 12.1 Å². The average Bonchev–Trinajstić information content (AvgIpc) is 3.64. The molecule has 194 valence electrons.